The summed E-state index contributed by atoms with van der Waals surface area (Å²) >= 11 is 0. The first-order valence-electron chi connectivity index (χ1n) is 9.33. The Kier molecular flexibility index (Phi) is 3.99. The zero-order valence-corrected chi connectivity index (χ0v) is 14.3. The van der Waals surface area contributed by atoms with Crippen molar-refractivity contribution in [1.82, 2.24) is 9.88 Å². The van der Waals surface area contributed by atoms with E-state index in [0.717, 1.165) is 31.6 Å². The SMILES string of the molecule is O=C(C1[C@H]2COC[C@@H]12)N1CCOC2CCC1C2OCc1cccnc1. The fraction of sp³-hybridized carbons (Fsp3) is 0.684. The van der Waals surface area contributed by atoms with Crippen LogP contribution < -0.4 is 0 Å². The lowest BCUT2D eigenvalue weighted by Crippen LogP contribution is -2.47. The molecule has 3 heterocycles. The summed E-state index contributed by atoms with van der Waals surface area (Å²) in [5, 5.41) is 0. The topological polar surface area (TPSA) is 60.9 Å². The highest BCUT2D eigenvalue weighted by molar-refractivity contribution is 5.83. The van der Waals surface area contributed by atoms with Gasteiger partial charge in [-0.25, -0.2) is 0 Å². The van der Waals surface area contributed by atoms with E-state index in [0.29, 0.717) is 37.5 Å². The van der Waals surface area contributed by atoms with Crippen LogP contribution in [0.2, 0.25) is 0 Å². The molecule has 6 atom stereocenters. The molecule has 6 nitrogen and oxygen atoms in total. The van der Waals surface area contributed by atoms with Crippen LogP contribution in [0.1, 0.15) is 18.4 Å². The van der Waals surface area contributed by atoms with Crippen molar-refractivity contribution in [3.63, 3.8) is 0 Å². The van der Waals surface area contributed by atoms with Crippen LogP contribution in [-0.2, 0) is 25.6 Å². The van der Waals surface area contributed by atoms with Gasteiger partial charge in [-0.3, -0.25) is 9.78 Å². The minimum Gasteiger partial charge on any atom is -0.381 e. The maximum absolute atomic E-state index is 13.1. The van der Waals surface area contributed by atoms with Crippen molar-refractivity contribution in [3.05, 3.63) is 30.1 Å². The normalized spacial score (nSPS) is 39.1. The van der Waals surface area contributed by atoms with Crippen LogP contribution in [0.25, 0.3) is 0 Å². The Morgan fingerprint density at radius 1 is 1.32 bits per heavy atom. The van der Waals surface area contributed by atoms with E-state index in [1.807, 2.05) is 18.3 Å². The molecule has 5 rings (SSSR count). The average molecular weight is 344 g/mol. The number of rotatable bonds is 4. The smallest absolute Gasteiger partial charge is 0.226 e. The number of fused-ring (bicyclic) bond motifs is 3. The second-order valence-electron chi connectivity index (χ2n) is 7.61. The van der Waals surface area contributed by atoms with Gasteiger partial charge in [-0.15, -0.1) is 0 Å². The van der Waals surface area contributed by atoms with Gasteiger partial charge in [0.2, 0.25) is 5.91 Å². The van der Waals surface area contributed by atoms with Crippen LogP contribution in [-0.4, -0.2) is 60.4 Å². The summed E-state index contributed by atoms with van der Waals surface area (Å²) in [7, 11) is 0. The molecule has 2 bridgehead atoms. The Balaban J connectivity index is 1.29. The number of hydrogen-bond acceptors (Lipinski definition) is 5. The van der Waals surface area contributed by atoms with Gasteiger partial charge in [0.1, 0.15) is 6.10 Å². The lowest BCUT2D eigenvalue weighted by molar-refractivity contribution is -0.139. The average Bonchev–Trinajstić information content (AvgIpc) is 2.95. The third kappa shape index (κ3) is 2.76. The van der Waals surface area contributed by atoms with Gasteiger partial charge in [0.05, 0.1) is 38.6 Å². The third-order valence-electron chi connectivity index (χ3n) is 6.24. The molecule has 0 aromatic carbocycles. The monoisotopic (exact) mass is 344 g/mol. The highest BCUT2D eigenvalue weighted by Gasteiger charge is 2.60. The first-order valence-corrected chi connectivity index (χ1v) is 9.33. The molecule has 1 aromatic rings. The number of nitrogens with zero attached hydrogens (tertiary/aromatic N) is 2. The summed E-state index contributed by atoms with van der Waals surface area (Å²) in [5.41, 5.74) is 1.05. The highest BCUT2D eigenvalue weighted by Crippen LogP contribution is 2.52. The number of carbonyl (C=O) groups excluding carboxylic acids is 1. The fourth-order valence-electron chi connectivity index (χ4n) is 4.86. The second kappa shape index (κ2) is 6.34. The number of hydrogen-bond donors (Lipinski definition) is 0. The number of pyridine rings is 1. The molecule has 0 N–H and O–H groups in total. The van der Waals surface area contributed by atoms with Gasteiger partial charge in [-0.2, -0.15) is 0 Å². The Morgan fingerprint density at radius 2 is 2.20 bits per heavy atom. The van der Waals surface area contributed by atoms with E-state index in [1.54, 1.807) is 6.20 Å². The summed E-state index contributed by atoms with van der Waals surface area (Å²) in [6, 6.07) is 4.07. The summed E-state index contributed by atoms with van der Waals surface area (Å²) in [5.74, 6) is 1.36. The zero-order chi connectivity index (χ0) is 16.8. The van der Waals surface area contributed by atoms with Gasteiger partial charge >= 0.3 is 0 Å². The molecular weight excluding hydrogens is 320 g/mol. The molecule has 6 heteroatoms. The van der Waals surface area contributed by atoms with Gasteiger partial charge < -0.3 is 19.1 Å². The third-order valence-corrected chi connectivity index (χ3v) is 6.24. The van der Waals surface area contributed by atoms with Crippen molar-refractivity contribution in [3.8, 4) is 0 Å². The molecule has 2 aliphatic carbocycles. The molecule has 2 saturated carbocycles. The van der Waals surface area contributed by atoms with Crippen molar-refractivity contribution in [1.29, 1.82) is 0 Å². The Morgan fingerprint density at radius 3 is 3.00 bits per heavy atom. The first kappa shape index (κ1) is 15.7. The van der Waals surface area contributed by atoms with Crippen LogP contribution in [0, 0.1) is 17.8 Å². The molecule has 25 heavy (non-hydrogen) atoms. The minimum absolute atomic E-state index is 0.0403. The van der Waals surface area contributed by atoms with Crippen LogP contribution in [0.4, 0.5) is 0 Å². The van der Waals surface area contributed by atoms with Crippen LogP contribution in [0.15, 0.2) is 24.5 Å². The van der Waals surface area contributed by atoms with Crippen LogP contribution in [0.5, 0.6) is 0 Å². The molecular formula is C19H24N2O4. The maximum Gasteiger partial charge on any atom is 0.226 e. The van der Waals surface area contributed by atoms with Gasteiger partial charge in [-0.1, -0.05) is 6.07 Å². The molecule has 2 aliphatic heterocycles. The van der Waals surface area contributed by atoms with Gasteiger partial charge in [0.15, 0.2) is 0 Å². The van der Waals surface area contributed by atoms with E-state index in [1.165, 1.54) is 0 Å². The van der Waals surface area contributed by atoms with Crippen molar-refractivity contribution in [2.45, 2.75) is 37.7 Å². The number of amides is 1. The Bertz CT molecular complexity index is 630. The highest BCUT2D eigenvalue weighted by atomic mass is 16.5. The molecule has 0 radical (unpaired) electrons. The minimum atomic E-state index is -0.0403. The zero-order valence-electron chi connectivity index (χ0n) is 14.3. The molecule has 4 fully saturated rings. The van der Waals surface area contributed by atoms with Crippen LogP contribution in [0.3, 0.4) is 0 Å². The largest absolute Gasteiger partial charge is 0.381 e. The predicted molar refractivity (Wildman–Crippen MR) is 88.6 cm³/mol. The van der Waals surface area contributed by atoms with Gasteiger partial charge in [0.25, 0.3) is 0 Å². The van der Waals surface area contributed by atoms with Crippen molar-refractivity contribution < 1.29 is 19.0 Å². The lowest BCUT2D eigenvalue weighted by Gasteiger charge is -2.32. The summed E-state index contributed by atoms with van der Waals surface area (Å²) in [4.78, 5) is 19.3. The number of aromatic nitrogens is 1. The Hall–Kier alpha value is -1.50. The summed E-state index contributed by atoms with van der Waals surface area (Å²) in [6.07, 6.45) is 5.58. The molecule has 1 aromatic heterocycles. The lowest BCUT2D eigenvalue weighted by atomic mass is 10.1. The van der Waals surface area contributed by atoms with Crippen molar-refractivity contribution in [2.75, 3.05) is 26.4 Å². The number of ether oxygens (including phenoxy) is 3. The second-order valence-corrected chi connectivity index (χ2v) is 7.61. The van der Waals surface area contributed by atoms with Gasteiger partial charge in [0, 0.05) is 24.9 Å². The van der Waals surface area contributed by atoms with Crippen molar-refractivity contribution in [2.24, 2.45) is 17.8 Å². The fourth-order valence-corrected chi connectivity index (χ4v) is 4.86. The molecule has 4 unspecified atom stereocenters. The van der Waals surface area contributed by atoms with E-state index >= 15 is 0 Å². The maximum atomic E-state index is 13.1. The van der Waals surface area contributed by atoms with E-state index in [9.17, 15) is 4.79 Å². The Labute approximate surface area is 147 Å². The van der Waals surface area contributed by atoms with Gasteiger partial charge in [-0.05, 0) is 36.3 Å². The van der Waals surface area contributed by atoms with E-state index in [4.69, 9.17) is 14.2 Å². The number of carbonyl (C=O) groups is 1. The first-order chi connectivity index (χ1) is 12.3. The molecule has 1 amide bonds. The van der Waals surface area contributed by atoms with E-state index in [2.05, 4.69) is 9.88 Å². The van der Waals surface area contributed by atoms with Crippen LogP contribution >= 0.6 is 0 Å². The quantitative estimate of drug-likeness (QED) is 0.823. The molecule has 4 aliphatic rings. The summed E-state index contributed by atoms with van der Waals surface area (Å²) in [6.45, 7) is 3.31. The van der Waals surface area contributed by atoms with Crippen molar-refractivity contribution >= 4 is 5.91 Å². The molecule has 0 spiro atoms. The van der Waals surface area contributed by atoms with E-state index < -0.39 is 0 Å². The standard InChI is InChI=1S/C19H24N2O4/c22-19(17-13-10-23-11-14(13)17)21-6-7-24-16-4-3-15(21)18(16)25-9-12-2-1-5-20-8-12/h1-2,5,8,13-18H,3-4,6-7,9-11H2/t13-,14+,15?,16?,17?,18?. The molecule has 2 saturated heterocycles. The molecule has 134 valence electrons. The van der Waals surface area contributed by atoms with E-state index in [-0.39, 0.29) is 24.2 Å². The predicted octanol–water partition coefficient (Wildman–Crippen LogP) is 1.25. The summed E-state index contributed by atoms with van der Waals surface area (Å²) < 4.78 is 17.7.